The molecule has 0 saturated carbocycles. The lowest BCUT2D eigenvalue weighted by Gasteiger charge is -2.36. The minimum absolute atomic E-state index is 0.169. The van der Waals surface area contributed by atoms with Crippen LogP contribution in [0.1, 0.15) is 54.4 Å². The summed E-state index contributed by atoms with van der Waals surface area (Å²) >= 11 is 0. The van der Waals surface area contributed by atoms with Crippen LogP contribution >= 0.6 is 0 Å². The highest BCUT2D eigenvalue weighted by Gasteiger charge is 2.30. The first-order valence-corrected chi connectivity index (χ1v) is 7.27. The maximum atomic E-state index is 11.9. The molecule has 0 radical (unpaired) electrons. The van der Waals surface area contributed by atoms with Crippen LogP contribution in [0.5, 0.6) is 0 Å². The summed E-state index contributed by atoms with van der Waals surface area (Å²) in [5, 5.41) is 6.37. The fraction of sp³-hybridized carbons (Fsp3) is 0.933. The van der Waals surface area contributed by atoms with Gasteiger partial charge in [0, 0.05) is 12.6 Å². The van der Waals surface area contributed by atoms with Crippen LogP contribution in [-0.2, 0) is 4.74 Å². The number of rotatable bonds is 2. The Morgan fingerprint density at radius 3 is 2.42 bits per heavy atom. The zero-order valence-corrected chi connectivity index (χ0v) is 13.3. The van der Waals surface area contributed by atoms with Gasteiger partial charge in [0.25, 0.3) is 0 Å². The van der Waals surface area contributed by atoms with Crippen molar-refractivity contribution in [3.05, 3.63) is 0 Å². The van der Waals surface area contributed by atoms with Gasteiger partial charge in [-0.1, -0.05) is 20.8 Å². The molecule has 1 aliphatic heterocycles. The number of alkyl carbamates (subject to hydrolysis) is 1. The van der Waals surface area contributed by atoms with Gasteiger partial charge >= 0.3 is 6.09 Å². The van der Waals surface area contributed by atoms with E-state index in [4.69, 9.17) is 4.74 Å². The molecule has 1 saturated heterocycles. The van der Waals surface area contributed by atoms with E-state index in [-0.39, 0.29) is 17.6 Å². The Bertz CT molecular complexity index is 302. The molecule has 4 heteroatoms. The summed E-state index contributed by atoms with van der Waals surface area (Å²) in [4.78, 5) is 11.9. The molecule has 2 atom stereocenters. The molecule has 1 heterocycles. The van der Waals surface area contributed by atoms with E-state index in [2.05, 4.69) is 31.4 Å². The summed E-state index contributed by atoms with van der Waals surface area (Å²) in [7, 11) is 0. The van der Waals surface area contributed by atoms with Crippen molar-refractivity contribution in [1.82, 2.24) is 10.6 Å². The molecule has 19 heavy (non-hydrogen) atoms. The van der Waals surface area contributed by atoms with Crippen LogP contribution in [0.3, 0.4) is 0 Å². The minimum atomic E-state index is -0.439. The Balaban J connectivity index is 2.55. The lowest BCUT2D eigenvalue weighted by Crippen LogP contribution is -2.52. The third-order valence-corrected chi connectivity index (χ3v) is 3.20. The highest BCUT2D eigenvalue weighted by Crippen LogP contribution is 2.29. The van der Waals surface area contributed by atoms with Crippen LogP contribution < -0.4 is 10.6 Å². The summed E-state index contributed by atoms with van der Waals surface area (Å²) in [5.74, 6) is 0.522. The van der Waals surface area contributed by atoms with Gasteiger partial charge in [0.2, 0.25) is 0 Å². The molecule has 0 aliphatic carbocycles. The van der Waals surface area contributed by atoms with Gasteiger partial charge in [0.05, 0.1) is 0 Å². The van der Waals surface area contributed by atoms with E-state index in [0.29, 0.717) is 5.92 Å². The highest BCUT2D eigenvalue weighted by atomic mass is 16.6. The molecule has 0 aromatic heterocycles. The predicted octanol–water partition coefficient (Wildman–Crippen LogP) is 2.93. The lowest BCUT2D eigenvalue weighted by molar-refractivity contribution is 0.0462. The maximum absolute atomic E-state index is 11.9. The van der Waals surface area contributed by atoms with Crippen LogP contribution in [0, 0.1) is 11.3 Å². The summed E-state index contributed by atoms with van der Waals surface area (Å²) < 4.78 is 5.34. The Labute approximate surface area is 117 Å². The van der Waals surface area contributed by atoms with Gasteiger partial charge in [-0.25, -0.2) is 4.79 Å². The van der Waals surface area contributed by atoms with Crippen molar-refractivity contribution in [2.24, 2.45) is 11.3 Å². The number of carbonyl (C=O) groups is 1. The highest BCUT2D eigenvalue weighted by molar-refractivity contribution is 5.68. The van der Waals surface area contributed by atoms with Crippen molar-refractivity contribution in [3.8, 4) is 0 Å². The summed E-state index contributed by atoms with van der Waals surface area (Å²) in [6.45, 7) is 14.3. The molecular weight excluding hydrogens is 240 g/mol. The Morgan fingerprint density at radius 1 is 1.26 bits per heavy atom. The van der Waals surface area contributed by atoms with E-state index < -0.39 is 5.60 Å². The molecule has 2 N–H and O–H groups in total. The fourth-order valence-corrected chi connectivity index (χ4v) is 2.57. The van der Waals surface area contributed by atoms with Crippen LogP contribution in [0.4, 0.5) is 4.79 Å². The van der Waals surface area contributed by atoms with Crippen LogP contribution in [0.2, 0.25) is 0 Å². The fourth-order valence-electron chi connectivity index (χ4n) is 2.57. The van der Waals surface area contributed by atoms with E-state index in [1.807, 2.05) is 20.8 Å². The first-order valence-electron chi connectivity index (χ1n) is 7.27. The number of piperidine rings is 1. The number of hydrogen-bond acceptors (Lipinski definition) is 3. The van der Waals surface area contributed by atoms with E-state index in [1.54, 1.807) is 0 Å². The number of ether oxygens (including phenoxy) is 1. The van der Waals surface area contributed by atoms with Gasteiger partial charge in [-0.05, 0) is 51.5 Å². The second-order valence-corrected chi connectivity index (χ2v) is 7.77. The molecule has 0 aromatic carbocycles. The van der Waals surface area contributed by atoms with Crippen LogP contribution in [-0.4, -0.2) is 30.8 Å². The van der Waals surface area contributed by atoms with Crippen LogP contribution in [0.25, 0.3) is 0 Å². The van der Waals surface area contributed by atoms with E-state index >= 15 is 0 Å². The van der Waals surface area contributed by atoms with E-state index in [1.165, 1.54) is 0 Å². The molecule has 112 valence electrons. The first kappa shape index (κ1) is 16.3. The van der Waals surface area contributed by atoms with Crippen molar-refractivity contribution in [3.63, 3.8) is 0 Å². The lowest BCUT2D eigenvalue weighted by atomic mass is 9.78. The Morgan fingerprint density at radius 2 is 1.89 bits per heavy atom. The van der Waals surface area contributed by atoms with Gasteiger partial charge in [-0.2, -0.15) is 0 Å². The number of carbonyl (C=O) groups excluding carboxylic acids is 1. The average Bonchev–Trinajstić information content (AvgIpc) is 2.15. The summed E-state index contributed by atoms with van der Waals surface area (Å²) in [6, 6.07) is 0.169. The third kappa shape index (κ3) is 6.81. The van der Waals surface area contributed by atoms with Crippen LogP contribution in [0.15, 0.2) is 0 Å². The Hall–Kier alpha value is -0.770. The molecule has 4 nitrogen and oxygen atoms in total. The zero-order valence-electron chi connectivity index (χ0n) is 13.3. The molecule has 1 aliphatic rings. The molecule has 2 unspecified atom stereocenters. The SMILES string of the molecule is CC(C)(C)CC1CCNCC1NC(=O)OC(C)(C)C. The number of hydrogen-bond donors (Lipinski definition) is 2. The molecule has 1 rings (SSSR count). The standard InChI is InChI=1S/C15H30N2O2/c1-14(2,3)9-11-7-8-16-10-12(11)17-13(18)19-15(4,5)6/h11-12,16H,7-10H2,1-6H3,(H,17,18). The summed E-state index contributed by atoms with van der Waals surface area (Å²) in [5.41, 5.74) is -0.151. The van der Waals surface area contributed by atoms with E-state index in [0.717, 1.165) is 25.9 Å². The second kappa shape index (κ2) is 6.12. The van der Waals surface area contributed by atoms with Crippen molar-refractivity contribution < 1.29 is 9.53 Å². The number of nitrogens with one attached hydrogen (secondary N) is 2. The van der Waals surface area contributed by atoms with Gasteiger partial charge in [-0.3, -0.25) is 0 Å². The van der Waals surface area contributed by atoms with Gasteiger partial charge in [-0.15, -0.1) is 0 Å². The predicted molar refractivity (Wildman–Crippen MR) is 78.2 cm³/mol. The van der Waals surface area contributed by atoms with Gasteiger partial charge in [0.15, 0.2) is 0 Å². The van der Waals surface area contributed by atoms with Crippen molar-refractivity contribution >= 4 is 6.09 Å². The van der Waals surface area contributed by atoms with Crippen molar-refractivity contribution in [2.45, 2.75) is 66.0 Å². The second-order valence-electron chi connectivity index (χ2n) is 7.77. The molecule has 0 aromatic rings. The molecule has 0 bridgehead atoms. The monoisotopic (exact) mass is 270 g/mol. The average molecular weight is 270 g/mol. The van der Waals surface area contributed by atoms with Gasteiger partial charge < -0.3 is 15.4 Å². The molecule has 1 fully saturated rings. The molecule has 1 amide bonds. The summed E-state index contributed by atoms with van der Waals surface area (Å²) in [6.07, 6.45) is 1.92. The first-order chi connectivity index (χ1) is 8.57. The maximum Gasteiger partial charge on any atom is 0.407 e. The van der Waals surface area contributed by atoms with E-state index in [9.17, 15) is 4.79 Å². The topological polar surface area (TPSA) is 50.4 Å². The van der Waals surface area contributed by atoms with Crippen molar-refractivity contribution in [2.75, 3.05) is 13.1 Å². The van der Waals surface area contributed by atoms with Crippen molar-refractivity contribution in [1.29, 1.82) is 0 Å². The Kier molecular flexibility index (Phi) is 5.25. The molecular formula is C15H30N2O2. The smallest absolute Gasteiger partial charge is 0.407 e. The number of amides is 1. The normalized spacial score (nSPS) is 24.9. The third-order valence-electron chi connectivity index (χ3n) is 3.20. The van der Waals surface area contributed by atoms with Gasteiger partial charge in [0.1, 0.15) is 5.60 Å². The largest absolute Gasteiger partial charge is 0.444 e. The molecule has 0 spiro atoms. The zero-order chi connectivity index (χ0) is 14.7. The quantitative estimate of drug-likeness (QED) is 0.811. The minimum Gasteiger partial charge on any atom is -0.444 e.